The predicted octanol–water partition coefficient (Wildman–Crippen LogP) is -5.38. The first-order chi connectivity index (χ1) is 42.1. The van der Waals surface area contributed by atoms with E-state index in [-0.39, 0.29) is 114 Å². The molecule has 34 heteroatoms. The van der Waals surface area contributed by atoms with Gasteiger partial charge < -0.3 is 101 Å². The Balaban J connectivity index is 1.29. The van der Waals surface area contributed by atoms with E-state index >= 15 is 0 Å². The van der Waals surface area contributed by atoms with Gasteiger partial charge in [0, 0.05) is 88.3 Å². The number of thioether (sulfide) groups is 1. The van der Waals surface area contributed by atoms with Crippen LogP contribution in [0.5, 0.6) is 0 Å². The predicted molar refractivity (Wildman–Crippen MR) is 324 cm³/mol. The summed E-state index contributed by atoms with van der Waals surface area (Å²) in [5, 5.41) is 53.8. The lowest BCUT2D eigenvalue weighted by Gasteiger charge is -2.27. The number of aromatic nitrogens is 3. The average Bonchev–Trinajstić information content (AvgIpc) is 2.07. The molecule has 0 radical (unpaired) electrons. The second-order valence-corrected chi connectivity index (χ2v) is 23.2. The second-order valence-electron chi connectivity index (χ2n) is 21.9. The number of hydrogen-bond acceptors (Lipinski definition) is 20. The number of Topliss-reactive ketones (excluding diaryl/α,β-unsaturated/α-hetero) is 1. The van der Waals surface area contributed by atoms with Crippen molar-refractivity contribution >= 4 is 76.8 Å². The molecule has 496 valence electrons. The van der Waals surface area contributed by atoms with E-state index in [0.717, 1.165) is 25.0 Å². The summed E-state index contributed by atoms with van der Waals surface area (Å²) in [6.45, 7) is 4.72. The lowest BCUT2D eigenvalue weighted by molar-refractivity contribution is -0.137. The highest BCUT2D eigenvalue weighted by atomic mass is 32.2. The molecule has 2 saturated heterocycles. The standard InChI is InChI=1S/C54H95N19O14S/c1-32-46(78)69-44(33(2)75)51(83)67-39(30-74)50(82)66-37(48(80)61-19-10-22-86-24-26-87-25-23-85-21-9-18-60-43(77)15-4-3-14-42-45-40(31-88-42)68-54(84)70-45)12-5-6-20-73-29-35(71-72-73)28-36(55)41(76)27-34(11-7-16-62-52(56)57)47(79)65-38(49(81)64-32)13-8-17-63-53(58)59/h29,32-34,36-40,42,44-45,74-75H,3-28,30-31,55H2,1-2H3,(H,60,77)(H,61,80)(H,64,81)(H,65,79)(H,66,82)(H,67,83)(H,69,78)(H4,56,57,62)(H4,58,59,63)(H2,68,70,84)/t32-,33?,34+,36-,37-,38-,39-,40+,42?,44-,45+/m0/s1. The van der Waals surface area contributed by atoms with Crippen molar-refractivity contribution in [3.05, 3.63) is 11.9 Å². The molecule has 3 aliphatic rings. The number of aliphatic imine (C=N–C) groups is 2. The summed E-state index contributed by atoms with van der Waals surface area (Å²) >= 11 is 1.87. The highest BCUT2D eigenvalue weighted by Gasteiger charge is 2.42. The normalized spacial score (nSPS) is 24.8. The molecule has 11 atom stereocenters. The number of hydrogen-bond donors (Lipinski definition) is 16. The molecular weight excluding hydrogens is 1170 g/mol. The largest absolute Gasteiger partial charge is 0.394 e. The maximum absolute atomic E-state index is 14.0. The van der Waals surface area contributed by atoms with E-state index in [1.54, 1.807) is 6.20 Å². The molecule has 1 aromatic rings. The van der Waals surface area contributed by atoms with Gasteiger partial charge in [0.25, 0.3) is 0 Å². The first-order valence-corrected chi connectivity index (χ1v) is 31.3. The van der Waals surface area contributed by atoms with Crippen molar-refractivity contribution in [2.45, 2.75) is 176 Å². The van der Waals surface area contributed by atoms with Gasteiger partial charge in [0.15, 0.2) is 17.7 Å². The minimum atomic E-state index is -1.72. The number of carbonyl (C=O) groups is 9. The maximum Gasteiger partial charge on any atom is 0.315 e. The van der Waals surface area contributed by atoms with Gasteiger partial charge in [0.1, 0.15) is 30.2 Å². The third kappa shape index (κ3) is 28.0. The van der Waals surface area contributed by atoms with E-state index in [1.807, 2.05) is 11.8 Å². The van der Waals surface area contributed by atoms with Gasteiger partial charge in [-0.25, -0.2) is 4.79 Å². The average molecular weight is 1270 g/mol. The fourth-order valence-corrected chi connectivity index (χ4v) is 11.2. The number of nitrogens with zero attached hydrogens (tertiary/aromatic N) is 5. The number of amides is 9. The number of aliphatic hydroxyl groups excluding tert-OH is 2. The molecule has 33 nitrogen and oxygen atoms in total. The molecule has 2 unspecified atom stereocenters. The van der Waals surface area contributed by atoms with E-state index in [2.05, 4.69) is 68.1 Å². The fraction of sp³-hybridized carbons (Fsp3) is 0.759. The minimum Gasteiger partial charge on any atom is -0.394 e. The van der Waals surface area contributed by atoms with Gasteiger partial charge in [-0.3, -0.25) is 53.0 Å². The van der Waals surface area contributed by atoms with Crippen molar-refractivity contribution in [2.24, 2.45) is 44.6 Å². The Hall–Kier alpha value is -6.98. The number of fused-ring (bicyclic) bond motifs is 3. The molecule has 3 aliphatic heterocycles. The van der Waals surface area contributed by atoms with Gasteiger partial charge in [-0.1, -0.05) is 11.6 Å². The van der Waals surface area contributed by atoms with Crippen molar-refractivity contribution in [3.63, 3.8) is 0 Å². The lowest BCUT2D eigenvalue weighted by Crippen LogP contribution is -2.61. The van der Waals surface area contributed by atoms with Crippen molar-refractivity contribution < 1.29 is 67.6 Å². The van der Waals surface area contributed by atoms with Crippen LogP contribution in [-0.2, 0) is 65.5 Å². The Morgan fingerprint density at radius 1 is 0.727 bits per heavy atom. The highest BCUT2D eigenvalue weighted by molar-refractivity contribution is 8.00. The van der Waals surface area contributed by atoms with Crippen LogP contribution in [0, 0.1) is 5.92 Å². The molecule has 88 heavy (non-hydrogen) atoms. The third-order valence-electron chi connectivity index (χ3n) is 14.6. The summed E-state index contributed by atoms with van der Waals surface area (Å²) in [6.07, 6.45) is 5.24. The van der Waals surface area contributed by atoms with Crippen molar-refractivity contribution in [2.75, 3.05) is 78.2 Å². The number of aliphatic hydroxyl groups is 2. The Morgan fingerprint density at radius 2 is 1.36 bits per heavy atom. The Kier molecular flexibility index (Phi) is 33.9. The highest BCUT2D eigenvalue weighted by Crippen LogP contribution is 2.33. The van der Waals surface area contributed by atoms with E-state index in [1.165, 1.54) is 18.5 Å². The molecule has 2 bridgehead atoms. The van der Waals surface area contributed by atoms with Gasteiger partial charge in [0.05, 0.1) is 63.0 Å². The minimum absolute atomic E-state index is 0.00814. The zero-order chi connectivity index (χ0) is 64.4. The van der Waals surface area contributed by atoms with Gasteiger partial charge in [0.2, 0.25) is 41.4 Å². The molecule has 4 rings (SSSR count). The topological polar surface area (TPSA) is 516 Å². The SMILES string of the molecule is CC(O)[C@@H]1NC(=O)[C@H](C)NC(=O)[C@H](CCCN=C(N)N)NC(=O)[C@H](CCCN=C(N)N)CC(=O)[C@@H](N)Cc2cn(nn2)CCCC[C@@H](C(=O)NCCCOCCOCCOCCCNC(=O)CCCCC2SC[C@H]3NC(=O)N[C@@H]23)NC(=O)[C@H](CO)NC1=O. The van der Waals surface area contributed by atoms with Crippen LogP contribution in [0.1, 0.15) is 109 Å². The van der Waals surface area contributed by atoms with Crippen LogP contribution in [0.4, 0.5) is 4.79 Å². The van der Waals surface area contributed by atoms with Crippen molar-refractivity contribution in [1.82, 2.24) is 62.8 Å². The van der Waals surface area contributed by atoms with Crippen LogP contribution in [0.25, 0.3) is 0 Å². The molecule has 0 spiro atoms. The van der Waals surface area contributed by atoms with Crippen LogP contribution >= 0.6 is 11.8 Å². The second kappa shape index (κ2) is 40.5. The summed E-state index contributed by atoms with van der Waals surface area (Å²) < 4.78 is 18.4. The molecule has 2 fully saturated rings. The van der Waals surface area contributed by atoms with E-state index in [9.17, 15) is 53.4 Å². The van der Waals surface area contributed by atoms with E-state index in [4.69, 9.17) is 42.9 Å². The number of unbranched alkanes of at least 4 members (excludes halogenated alkanes) is 1. The quantitative estimate of drug-likeness (QED) is 0.0148. The summed E-state index contributed by atoms with van der Waals surface area (Å²) in [5.74, 6) is -6.05. The van der Waals surface area contributed by atoms with Gasteiger partial charge in [-0.2, -0.15) is 11.8 Å². The smallest absolute Gasteiger partial charge is 0.315 e. The number of urea groups is 1. The number of nitrogens with one attached hydrogen (secondary N) is 9. The number of carbonyl (C=O) groups excluding carboxylic acids is 9. The van der Waals surface area contributed by atoms with Gasteiger partial charge in [-0.05, 0) is 84.5 Å². The summed E-state index contributed by atoms with van der Waals surface area (Å²) in [5.41, 5.74) is 28.7. The van der Waals surface area contributed by atoms with Crippen molar-refractivity contribution in [1.29, 1.82) is 0 Å². The molecule has 0 aliphatic carbocycles. The van der Waals surface area contributed by atoms with Gasteiger partial charge in [-0.15, -0.1) is 5.10 Å². The van der Waals surface area contributed by atoms with Crippen LogP contribution in [-0.4, -0.2) is 228 Å². The molecule has 1 aromatic heterocycles. The zero-order valence-electron chi connectivity index (χ0n) is 50.6. The molecule has 9 amide bonds. The summed E-state index contributed by atoms with van der Waals surface area (Å²) in [4.78, 5) is 128. The molecule has 21 N–H and O–H groups in total. The van der Waals surface area contributed by atoms with E-state index < -0.39 is 96.1 Å². The Labute approximate surface area is 516 Å². The zero-order valence-corrected chi connectivity index (χ0v) is 51.4. The molecule has 4 heterocycles. The number of ether oxygens (including phenoxy) is 3. The van der Waals surface area contributed by atoms with Crippen LogP contribution in [0.3, 0.4) is 0 Å². The Bertz CT molecular complexity index is 2450. The first kappa shape index (κ1) is 73.5. The molecule has 0 saturated carbocycles. The van der Waals surface area contributed by atoms with Crippen LogP contribution in [0.2, 0.25) is 0 Å². The maximum atomic E-state index is 14.0. The van der Waals surface area contributed by atoms with E-state index in [0.29, 0.717) is 82.6 Å². The van der Waals surface area contributed by atoms with Gasteiger partial charge >= 0.3 is 6.03 Å². The number of rotatable bonds is 30. The van der Waals surface area contributed by atoms with Crippen LogP contribution in [0.15, 0.2) is 16.2 Å². The Morgan fingerprint density at radius 3 is 2.02 bits per heavy atom. The third-order valence-corrected chi connectivity index (χ3v) is 16.1. The lowest BCUT2D eigenvalue weighted by atomic mass is 9.91. The number of ketones is 1. The number of guanidine groups is 2. The first-order valence-electron chi connectivity index (χ1n) is 30.2. The summed E-state index contributed by atoms with van der Waals surface area (Å²) in [6, 6.07) is -8.09. The molecular formula is C54H95N19O14S. The fourth-order valence-electron chi connectivity index (χ4n) is 9.71. The number of nitrogens with two attached hydrogens (primary N) is 5. The number of aryl methyl sites for hydroxylation is 1. The molecule has 0 aromatic carbocycles. The summed E-state index contributed by atoms with van der Waals surface area (Å²) in [7, 11) is 0. The monoisotopic (exact) mass is 1270 g/mol. The van der Waals surface area contributed by atoms with Crippen molar-refractivity contribution in [3.8, 4) is 0 Å². The van der Waals surface area contributed by atoms with Crippen LogP contribution < -0.4 is 76.5 Å².